The average molecular weight is 453 g/mol. The quantitative estimate of drug-likeness (QED) is 0.367. The van der Waals surface area contributed by atoms with Crippen molar-refractivity contribution in [1.82, 2.24) is 30.2 Å². The van der Waals surface area contributed by atoms with E-state index < -0.39 is 15.9 Å². The molecule has 1 aromatic heterocycles. The van der Waals surface area contributed by atoms with E-state index in [-0.39, 0.29) is 29.4 Å². The Morgan fingerprint density at radius 3 is 2.39 bits per heavy atom. The Kier molecular flexibility index (Phi) is 6.33. The van der Waals surface area contributed by atoms with Crippen LogP contribution in [0.2, 0.25) is 0 Å². The third-order valence-electron chi connectivity index (χ3n) is 6.26. The van der Waals surface area contributed by atoms with Crippen molar-refractivity contribution in [3.05, 3.63) is 11.9 Å². The third-order valence-corrected chi connectivity index (χ3v) is 8.14. The summed E-state index contributed by atoms with van der Waals surface area (Å²) in [5.41, 5.74) is 0.237. The van der Waals surface area contributed by atoms with E-state index in [4.69, 9.17) is 0 Å². The second-order valence-electron chi connectivity index (χ2n) is 8.38. The zero-order valence-corrected chi connectivity index (χ0v) is 18.9. The van der Waals surface area contributed by atoms with Gasteiger partial charge in [-0.15, -0.1) is 0 Å². The highest BCUT2D eigenvalue weighted by molar-refractivity contribution is 7.89. The van der Waals surface area contributed by atoms with Gasteiger partial charge in [0, 0.05) is 32.2 Å². The summed E-state index contributed by atoms with van der Waals surface area (Å²) < 4.78 is 25.9. The van der Waals surface area contributed by atoms with Crippen LogP contribution in [0.1, 0.15) is 55.9 Å². The Balaban J connectivity index is 1.53. The first-order valence-corrected chi connectivity index (χ1v) is 12.6. The van der Waals surface area contributed by atoms with Crippen LogP contribution in [0.5, 0.6) is 0 Å². The molecule has 2 aliphatic heterocycles. The maximum Gasteiger partial charge on any atom is 0.277 e. The molecule has 5 N–H and O–H groups in total. The topological polar surface area (TPSA) is 140 Å². The summed E-state index contributed by atoms with van der Waals surface area (Å²) in [7, 11) is -1.46. The van der Waals surface area contributed by atoms with Crippen molar-refractivity contribution in [2.24, 2.45) is 0 Å². The summed E-state index contributed by atoms with van der Waals surface area (Å²) >= 11 is 0. The molecule has 1 amide bonds. The number of nitrogens with zero attached hydrogens (tertiary/aromatic N) is 3. The summed E-state index contributed by atoms with van der Waals surface area (Å²) in [6, 6.07) is 0.281. The van der Waals surface area contributed by atoms with Crippen LogP contribution in [0, 0.1) is 0 Å². The van der Waals surface area contributed by atoms with Gasteiger partial charge in [-0.1, -0.05) is 12.8 Å². The van der Waals surface area contributed by atoms with Crippen molar-refractivity contribution in [2.45, 2.75) is 63.4 Å². The number of sulfonamides is 1. The van der Waals surface area contributed by atoms with Crippen LogP contribution in [0.4, 0.5) is 11.6 Å². The fourth-order valence-corrected chi connectivity index (χ4v) is 5.66. The molecule has 0 spiro atoms. The van der Waals surface area contributed by atoms with Crippen molar-refractivity contribution in [3.8, 4) is 0 Å². The molecule has 1 saturated heterocycles. The van der Waals surface area contributed by atoms with E-state index >= 15 is 0 Å². The van der Waals surface area contributed by atoms with Gasteiger partial charge in [0.05, 0.1) is 11.9 Å². The van der Waals surface area contributed by atoms with Gasteiger partial charge in [0.1, 0.15) is 5.82 Å². The molecule has 172 valence electrons. The highest BCUT2D eigenvalue weighted by atomic mass is 32.2. The summed E-state index contributed by atoms with van der Waals surface area (Å²) in [4.78, 5) is 21.7. The summed E-state index contributed by atoms with van der Waals surface area (Å²) in [6.07, 6.45) is 7.26. The molecule has 12 heteroatoms. The van der Waals surface area contributed by atoms with Gasteiger partial charge < -0.3 is 16.0 Å². The van der Waals surface area contributed by atoms with Crippen molar-refractivity contribution >= 4 is 27.6 Å². The smallest absolute Gasteiger partial charge is 0.277 e. The molecule has 11 nitrogen and oxygen atoms in total. The van der Waals surface area contributed by atoms with Crippen LogP contribution in [-0.2, 0) is 10.0 Å². The van der Waals surface area contributed by atoms with Gasteiger partial charge in [-0.05, 0) is 32.6 Å². The Hall–Kier alpha value is -2.02. The number of nitrogens with one attached hydrogen (secondary N) is 5. The molecule has 1 aromatic rings. The Labute approximate surface area is 183 Å². The largest absolute Gasteiger partial charge is 0.372 e. The third kappa shape index (κ3) is 4.76. The fraction of sp³-hybridized carbons (Fsp3) is 0.737. The second-order valence-corrected chi connectivity index (χ2v) is 10.6. The lowest BCUT2D eigenvalue weighted by atomic mass is 10.1. The van der Waals surface area contributed by atoms with E-state index in [1.165, 1.54) is 0 Å². The average Bonchev–Trinajstić information content (AvgIpc) is 3.26. The van der Waals surface area contributed by atoms with Gasteiger partial charge in [0.2, 0.25) is 15.9 Å². The lowest BCUT2D eigenvalue weighted by Gasteiger charge is -2.45. The van der Waals surface area contributed by atoms with Gasteiger partial charge >= 0.3 is 0 Å². The molecule has 0 aromatic carbocycles. The number of piperidine rings is 1. The maximum absolute atomic E-state index is 13.0. The molecular weight excluding hydrogens is 420 g/mol. The normalized spacial score (nSPS) is 25.7. The number of hydrogen-bond donors (Lipinski definition) is 5. The molecule has 1 atom stereocenters. The van der Waals surface area contributed by atoms with Gasteiger partial charge in [-0.2, -0.15) is 0 Å². The highest BCUT2D eigenvalue weighted by Gasteiger charge is 2.43. The van der Waals surface area contributed by atoms with Gasteiger partial charge in [0.25, 0.3) is 5.91 Å². The first-order valence-electron chi connectivity index (χ1n) is 11.0. The molecule has 31 heavy (non-hydrogen) atoms. The van der Waals surface area contributed by atoms with Crippen molar-refractivity contribution in [2.75, 3.05) is 36.5 Å². The lowest BCUT2D eigenvalue weighted by molar-refractivity contribution is 0.0796. The zero-order chi connectivity index (χ0) is 22.1. The molecule has 1 saturated carbocycles. The van der Waals surface area contributed by atoms with Crippen LogP contribution in [-0.4, -0.2) is 72.5 Å². The molecule has 0 bridgehead atoms. The molecule has 2 fully saturated rings. The molecule has 0 radical (unpaired) electrons. The summed E-state index contributed by atoms with van der Waals surface area (Å²) in [6.45, 7) is 2.59. The van der Waals surface area contributed by atoms with Crippen LogP contribution in [0.25, 0.3) is 0 Å². The molecule has 1 aliphatic carbocycles. The van der Waals surface area contributed by atoms with Crippen LogP contribution in [0.15, 0.2) is 6.20 Å². The number of fused-ring (bicyclic) bond motifs is 1. The number of amides is 1. The SMILES string of the molecule is CCS(=O)(=O)N1CCC(NC2(NC3CCCC3)NC(=O)c3nc(NC)cnc3N2)CC1. The van der Waals surface area contributed by atoms with E-state index in [1.807, 2.05) is 0 Å². The van der Waals surface area contributed by atoms with E-state index in [1.54, 1.807) is 24.5 Å². The predicted molar refractivity (Wildman–Crippen MR) is 118 cm³/mol. The van der Waals surface area contributed by atoms with Crippen LogP contribution >= 0.6 is 0 Å². The number of carbonyl (C=O) groups is 1. The van der Waals surface area contributed by atoms with Gasteiger partial charge in [-0.3, -0.25) is 15.4 Å². The monoisotopic (exact) mass is 452 g/mol. The van der Waals surface area contributed by atoms with E-state index in [9.17, 15) is 13.2 Å². The molecule has 3 heterocycles. The molecule has 1 unspecified atom stereocenters. The Morgan fingerprint density at radius 2 is 1.77 bits per heavy atom. The second kappa shape index (κ2) is 8.85. The number of hydrogen-bond acceptors (Lipinski definition) is 9. The molecule has 3 aliphatic rings. The first kappa shape index (κ1) is 22.2. The zero-order valence-electron chi connectivity index (χ0n) is 18.1. The minimum atomic E-state index is -3.19. The van der Waals surface area contributed by atoms with E-state index in [0.29, 0.717) is 37.6 Å². The van der Waals surface area contributed by atoms with E-state index in [0.717, 1.165) is 25.7 Å². The van der Waals surface area contributed by atoms with Crippen molar-refractivity contribution in [3.63, 3.8) is 0 Å². The van der Waals surface area contributed by atoms with Crippen molar-refractivity contribution in [1.29, 1.82) is 0 Å². The predicted octanol–water partition coefficient (Wildman–Crippen LogP) is 0.221. The minimum absolute atomic E-state index is 0.0242. The molecule has 4 rings (SSSR count). The van der Waals surface area contributed by atoms with Gasteiger partial charge in [0.15, 0.2) is 11.5 Å². The highest BCUT2D eigenvalue weighted by Crippen LogP contribution is 2.25. The van der Waals surface area contributed by atoms with Crippen LogP contribution in [0.3, 0.4) is 0 Å². The maximum atomic E-state index is 13.0. The van der Waals surface area contributed by atoms with Gasteiger partial charge in [-0.25, -0.2) is 22.7 Å². The lowest BCUT2D eigenvalue weighted by Crippen LogP contribution is -2.77. The number of anilines is 2. The minimum Gasteiger partial charge on any atom is -0.372 e. The summed E-state index contributed by atoms with van der Waals surface area (Å²) in [5, 5.41) is 16.3. The number of rotatable bonds is 7. The Morgan fingerprint density at radius 1 is 1.13 bits per heavy atom. The summed E-state index contributed by atoms with van der Waals surface area (Å²) in [5.74, 6) is -0.343. The Bertz CT molecular complexity index is 913. The van der Waals surface area contributed by atoms with Crippen molar-refractivity contribution < 1.29 is 13.2 Å². The van der Waals surface area contributed by atoms with Crippen LogP contribution < -0.4 is 26.6 Å². The first-order chi connectivity index (χ1) is 14.8. The fourth-order valence-electron chi connectivity index (χ4n) is 4.53. The molecular formula is C19H32N8O3S. The number of carbonyl (C=O) groups excluding carboxylic acids is 1. The number of aromatic nitrogens is 2. The van der Waals surface area contributed by atoms with E-state index in [2.05, 4.69) is 36.6 Å². The standard InChI is InChI=1S/C19H32N8O3S/c1-3-31(29,30)27-10-8-14(9-11-27)24-19(23-13-6-4-5-7-13)25-17-16(18(28)26-19)22-15(20-2)12-21-17/h12-14,23-24H,3-11H2,1-2H3,(H,20,22)(H,21,25)(H,26,28).